The fraction of sp³-hybridized carbons (Fsp3) is 0.600. The molecule has 5 heteroatoms. The summed E-state index contributed by atoms with van der Waals surface area (Å²) in [5.74, 6) is 0.367. The fourth-order valence-electron chi connectivity index (χ4n) is 2.43. The van der Waals surface area contributed by atoms with Gasteiger partial charge in [-0.1, -0.05) is 6.07 Å². The van der Waals surface area contributed by atoms with E-state index in [4.69, 9.17) is 4.74 Å². The molecule has 1 aromatic heterocycles. The zero-order valence-corrected chi connectivity index (χ0v) is 12.3. The number of hydrogen-bond acceptors (Lipinski definition) is 4. The highest BCUT2D eigenvalue weighted by molar-refractivity contribution is 5.68. The number of carbonyl (C=O) groups is 1. The van der Waals surface area contributed by atoms with Gasteiger partial charge in [-0.25, -0.2) is 4.79 Å². The van der Waals surface area contributed by atoms with E-state index in [-0.39, 0.29) is 12.1 Å². The van der Waals surface area contributed by atoms with Gasteiger partial charge in [0.15, 0.2) is 0 Å². The molecule has 0 radical (unpaired) electrons. The van der Waals surface area contributed by atoms with Crippen LogP contribution in [0.2, 0.25) is 0 Å². The molecule has 2 heterocycles. The maximum atomic E-state index is 12.0. The topological polar surface area (TPSA) is 63.2 Å². The van der Waals surface area contributed by atoms with Crippen LogP contribution in [-0.2, 0) is 4.74 Å². The number of nitrogens with zero attached hydrogens (tertiary/aromatic N) is 1. The van der Waals surface area contributed by atoms with E-state index in [9.17, 15) is 4.79 Å². The van der Waals surface area contributed by atoms with E-state index >= 15 is 0 Å². The first-order valence-corrected chi connectivity index (χ1v) is 7.06. The van der Waals surface area contributed by atoms with Crippen LogP contribution in [0.3, 0.4) is 0 Å². The molecule has 1 aromatic rings. The smallest absolute Gasteiger partial charge is 0.408 e. The third-order valence-electron chi connectivity index (χ3n) is 3.29. The van der Waals surface area contributed by atoms with Gasteiger partial charge in [-0.15, -0.1) is 0 Å². The van der Waals surface area contributed by atoms with Crippen molar-refractivity contribution in [2.45, 2.75) is 38.8 Å². The Bertz CT molecular complexity index is 436. The SMILES string of the molecule is CC(C)(C)OC(=O)NC(c1cccnc1)[C@@H]1CCNC1. The van der Waals surface area contributed by atoms with Crippen LogP contribution in [0.4, 0.5) is 4.79 Å². The lowest BCUT2D eigenvalue weighted by Gasteiger charge is -2.27. The second kappa shape index (κ2) is 6.22. The summed E-state index contributed by atoms with van der Waals surface area (Å²) in [5.41, 5.74) is 0.532. The molecule has 2 atom stereocenters. The monoisotopic (exact) mass is 277 g/mol. The van der Waals surface area contributed by atoms with Crippen molar-refractivity contribution in [3.63, 3.8) is 0 Å². The molecule has 1 saturated heterocycles. The molecule has 1 unspecified atom stereocenters. The van der Waals surface area contributed by atoms with Crippen LogP contribution >= 0.6 is 0 Å². The molecule has 0 bridgehead atoms. The Labute approximate surface area is 120 Å². The molecule has 2 rings (SSSR count). The first-order valence-electron chi connectivity index (χ1n) is 7.06. The predicted molar refractivity (Wildman–Crippen MR) is 77.3 cm³/mol. The van der Waals surface area contributed by atoms with Crippen LogP contribution in [-0.4, -0.2) is 29.8 Å². The van der Waals surface area contributed by atoms with Gasteiger partial charge in [-0.3, -0.25) is 4.98 Å². The maximum absolute atomic E-state index is 12.0. The van der Waals surface area contributed by atoms with E-state index in [0.717, 1.165) is 25.1 Å². The van der Waals surface area contributed by atoms with E-state index in [0.29, 0.717) is 5.92 Å². The molecule has 1 aliphatic rings. The van der Waals surface area contributed by atoms with Crippen LogP contribution in [0, 0.1) is 5.92 Å². The summed E-state index contributed by atoms with van der Waals surface area (Å²) in [6, 6.07) is 3.82. The van der Waals surface area contributed by atoms with Crippen LogP contribution in [0.25, 0.3) is 0 Å². The standard InChI is InChI=1S/C15H23N3O2/c1-15(2,3)20-14(19)18-13(12-6-8-17-10-12)11-5-4-7-16-9-11/h4-5,7,9,12-13,17H,6,8,10H2,1-3H3,(H,18,19)/t12-,13?/m1/s1. The van der Waals surface area contributed by atoms with Crippen molar-refractivity contribution in [2.75, 3.05) is 13.1 Å². The quantitative estimate of drug-likeness (QED) is 0.889. The van der Waals surface area contributed by atoms with Crippen molar-refractivity contribution in [2.24, 2.45) is 5.92 Å². The molecule has 1 aliphatic heterocycles. The number of aromatic nitrogens is 1. The number of pyridine rings is 1. The first kappa shape index (κ1) is 14.8. The molecule has 1 amide bonds. The number of amides is 1. The maximum Gasteiger partial charge on any atom is 0.408 e. The minimum Gasteiger partial charge on any atom is -0.444 e. The number of nitrogens with one attached hydrogen (secondary N) is 2. The zero-order chi connectivity index (χ0) is 14.6. The molecular weight excluding hydrogens is 254 g/mol. The third-order valence-corrected chi connectivity index (χ3v) is 3.29. The Morgan fingerprint density at radius 1 is 1.55 bits per heavy atom. The van der Waals surface area contributed by atoms with Gasteiger partial charge in [-0.2, -0.15) is 0 Å². The minimum atomic E-state index is -0.489. The van der Waals surface area contributed by atoms with Crippen molar-refractivity contribution >= 4 is 6.09 Å². The lowest BCUT2D eigenvalue weighted by Crippen LogP contribution is -2.38. The van der Waals surface area contributed by atoms with Crippen LogP contribution < -0.4 is 10.6 Å². The number of alkyl carbamates (subject to hydrolysis) is 1. The number of ether oxygens (including phenoxy) is 1. The Morgan fingerprint density at radius 3 is 2.90 bits per heavy atom. The van der Waals surface area contributed by atoms with Gasteiger partial charge < -0.3 is 15.4 Å². The molecule has 1 fully saturated rings. The van der Waals surface area contributed by atoms with Gasteiger partial charge in [0.2, 0.25) is 0 Å². The summed E-state index contributed by atoms with van der Waals surface area (Å²) in [6.45, 7) is 7.47. The Balaban J connectivity index is 2.09. The van der Waals surface area contributed by atoms with Crippen molar-refractivity contribution in [1.29, 1.82) is 0 Å². The molecule has 0 saturated carbocycles. The third kappa shape index (κ3) is 4.20. The molecule has 110 valence electrons. The summed E-state index contributed by atoms with van der Waals surface area (Å²) in [6.07, 6.45) is 4.20. The normalized spacial score (nSPS) is 20.4. The summed E-state index contributed by atoms with van der Waals surface area (Å²) < 4.78 is 5.36. The summed E-state index contributed by atoms with van der Waals surface area (Å²) in [5, 5.41) is 6.32. The minimum absolute atomic E-state index is 0.0615. The molecule has 20 heavy (non-hydrogen) atoms. The predicted octanol–water partition coefficient (Wildman–Crippen LogP) is 2.26. The first-order chi connectivity index (χ1) is 9.46. The molecule has 0 spiro atoms. The molecule has 0 aliphatic carbocycles. The second-order valence-electron chi connectivity index (χ2n) is 6.16. The zero-order valence-electron chi connectivity index (χ0n) is 12.3. The fourth-order valence-corrected chi connectivity index (χ4v) is 2.43. The van der Waals surface area contributed by atoms with Gasteiger partial charge in [0.1, 0.15) is 5.60 Å². The Kier molecular flexibility index (Phi) is 4.60. The van der Waals surface area contributed by atoms with Crippen molar-refractivity contribution in [3.05, 3.63) is 30.1 Å². The largest absolute Gasteiger partial charge is 0.444 e. The van der Waals surface area contributed by atoms with Gasteiger partial charge in [0, 0.05) is 18.9 Å². The van der Waals surface area contributed by atoms with E-state index in [2.05, 4.69) is 15.6 Å². The number of rotatable bonds is 3. The highest BCUT2D eigenvalue weighted by Gasteiger charge is 2.29. The van der Waals surface area contributed by atoms with Crippen LogP contribution in [0.5, 0.6) is 0 Å². The van der Waals surface area contributed by atoms with Crippen molar-refractivity contribution in [3.8, 4) is 0 Å². The average molecular weight is 277 g/mol. The van der Waals surface area contributed by atoms with Gasteiger partial charge in [0.25, 0.3) is 0 Å². The van der Waals surface area contributed by atoms with Crippen molar-refractivity contribution < 1.29 is 9.53 Å². The summed E-state index contributed by atoms with van der Waals surface area (Å²) in [7, 11) is 0. The van der Waals surface area contributed by atoms with E-state index < -0.39 is 5.60 Å². The lowest BCUT2D eigenvalue weighted by molar-refractivity contribution is 0.0487. The van der Waals surface area contributed by atoms with Crippen molar-refractivity contribution in [1.82, 2.24) is 15.6 Å². The van der Waals surface area contributed by atoms with E-state index in [1.807, 2.05) is 32.9 Å². The highest BCUT2D eigenvalue weighted by atomic mass is 16.6. The van der Waals surface area contributed by atoms with Gasteiger partial charge in [0.05, 0.1) is 6.04 Å². The van der Waals surface area contributed by atoms with Gasteiger partial charge in [-0.05, 0) is 51.3 Å². The highest BCUT2D eigenvalue weighted by Crippen LogP contribution is 2.26. The number of hydrogen-bond donors (Lipinski definition) is 2. The van der Waals surface area contributed by atoms with Crippen LogP contribution in [0.1, 0.15) is 38.8 Å². The molecule has 2 N–H and O–H groups in total. The Morgan fingerprint density at radius 2 is 2.35 bits per heavy atom. The van der Waals surface area contributed by atoms with E-state index in [1.165, 1.54) is 0 Å². The molecule has 5 nitrogen and oxygen atoms in total. The average Bonchev–Trinajstić information content (AvgIpc) is 2.88. The van der Waals surface area contributed by atoms with E-state index in [1.54, 1.807) is 12.4 Å². The number of carbonyl (C=O) groups excluding carboxylic acids is 1. The second-order valence-corrected chi connectivity index (χ2v) is 6.16. The summed E-state index contributed by atoms with van der Waals surface area (Å²) in [4.78, 5) is 16.2. The Hall–Kier alpha value is -1.62. The molecular formula is C15H23N3O2. The van der Waals surface area contributed by atoms with Crippen LogP contribution in [0.15, 0.2) is 24.5 Å². The summed E-state index contributed by atoms with van der Waals surface area (Å²) >= 11 is 0. The lowest BCUT2D eigenvalue weighted by atomic mass is 9.93. The van der Waals surface area contributed by atoms with Gasteiger partial charge >= 0.3 is 6.09 Å². The molecule has 0 aromatic carbocycles.